The molecule has 0 amide bonds. The van der Waals surface area contributed by atoms with Gasteiger partial charge in [-0.15, -0.1) is 0 Å². The second-order valence-corrected chi connectivity index (χ2v) is 4.01. The zero-order valence-electron chi connectivity index (χ0n) is 10.0. The maximum absolute atomic E-state index is 11.1. The Balaban J connectivity index is 2.60. The first-order valence-corrected chi connectivity index (χ1v) is 5.55. The monoisotopic (exact) mass is 222 g/mol. The molecule has 0 unspecified atom stereocenters. The summed E-state index contributed by atoms with van der Waals surface area (Å²) in [6, 6.07) is 7.14. The standard InChI is InChI=1S/C13H18O3/c1-4-13(14)16-12-7-5-6-11(8-12)15-9-10(2)3/h5-8,10H,4,9H2,1-3H3. The molecule has 0 saturated carbocycles. The van der Waals surface area contributed by atoms with Gasteiger partial charge in [-0.1, -0.05) is 26.8 Å². The van der Waals surface area contributed by atoms with Crippen LogP contribution in [0.1, 0.15) is 27.2 Å². The first-order valence-electron chi connectivity index (χ1n) is 5.55. The zero-order valence-corrected chi connectivity index (χ0v) is 10.0. The van der Waals surface area contributed by atoms with E-state index < -0.39 is 0 Å². The molecule has 0 atom stereocenters. The largest absolute Gasteiger partial charge is 0.493 e. The van der Waals surface area contributed by atoms with Gasteiger partial charge in [0.25, 0.3) is 0 Å². The number of carbonyl (C=O) groups excluding carboxylic acids is 1. The van der Waals surface area contributed by atoms with Crippen molar-refractivity contribution in [2.75, 3.05) is 6.61 Å². The molecule has 1 rings (SSSR count). The summed E-state index contributed by atoms with van der Waals surface area (Å²) in [6.07, 6.45) is 0.372. The minimum absolute atomic E-state index is 0.235. The molecule has 1 aromatic carbocycles. The van der Waals surface area contributed by atoms with Crippen LogP contribution < -0.4 is 9.47 Å². The molecule has 0 aliphatic carbocycles. The number of ether oxygens (including phenoxy) is 2. The Morgan fingerprint density at radius 3 is 2.62 bits per heavy atom. The molecule has 0 saturated heterocycles. The number of hydrogen-bond donors (Lipinski definition) is 0. The first kappa shape index (κ1) is 12.6. The second kappa shape index (κ2) is 6.16. The van der Waals surface area contributed by atoms with E-state index in [1.54, 1.807) is 19.1 Å². The Labute approximate surface area is 96.4 Å². The smallest absolute Gasteiger partial charge is 0.310 e. The van der Waals surface area contributed by atoms with Crippen molar-refractivity contribution < 1.29 is 14.3 Å². The van der Waals surface area contributed by atoms with Crippen LogP contribution >= 0.6 is 0 Å². The zero-order chi connectivity index (χ0) is 12.0. The number of rotatable bonds is 5. The predicted molar refractivity (Wildman–Crippen MR) is 62.7 cm³/mol. The molecule has 16 heavy (non-hydrogen) atoms. The van der Waals surface area contributed by atoms with Gasteiger partial charge in [-0.25, -0.2) is 0 Å². The van der Waals surface area contributed by atoms with Crippen molar-refractivity contribution >= 4 is 5.97 Å². The minimum atomic E-state index is -0.235. The highest BCUT2D eigenvalue weighted by Crippen LogP contribution is 2.20. The molecule has 3 nitrogen and oxygen atoms in total. The van der Waals surface area contributed by atoms with Crippen LogP contribution in [0.3, 0.4) is 0 Å². The highest BCUT2D eigenvalue weighted by molar-refractivity contribution is 5.72. The molecular formula is C13H18O3. The second-order valence-electron chi connectivity index (χ2n) is 4.01. The Morgan fingerprint density at radius 2 is 2.00 bits per heavy atom. The van der Waals surface area contributed by atoms with E-state index in [4.69, 9.17) is 9.47 Å². The Bertz CT molecular complexity index is 345. The number of hydrogen-bond acceptors (Lipinski definition) is 3. The highest BCUT2D eigenvalue weighted by atomic mass is 16.5. The van der Waals surface area contributed by atoms with Gasteiger partial charge in [-0.05, 0) is 18.1 Å². The number of carbonyl (C=O) groups is 1. The van der Waals surface area contributed by atoms with Gasteiger partial charge in [0.1, 0.15) is 11.5 Å². The van der Waals surface area contributed by atoms with Crippen LogP contribution in [0.15, 0.2) is 24.3 Å². The van der Waals surface area contributed by atoms with Gasteiger partial charge in [0.15, 0.2) is 0 Å². The van der Waals surface area contributed by atoms with E-state index >= 15 is 0 Å². The summed E-state index contributed by atoms with van der Waals surface area (Å²) in [4.78, 5) is 11.1. The summed E-state index contributed by atoms with van der Waals surface area (Å²) in [5, 5.41) is 0. The minimum Gasteiger partial charge on any atom is -0.493 e. The van der Waals surface area contributed by atoms with Gasteiger partial charge in [-0.2, -0.15) is 0 Å². The maximum atomic E-state index is 11.1. The third-order valence-corrected chi connectivity index (χ3v) is 1.91. The van der Waals surface area contributed by atoms with Gasteiger partial charge in [-0.3, -0.25) is 4.79 Å². The van der Waals surface area contributed by atoms with Gasteiger partial charge in [0.2, 0.25) is 0 Å². The van der Waals surface area contributed by atoms with Crippen LogP contribution in [-0.2, 0) is 4.79 Å². The Morgan fingerprint density at radius 1 is 1.31 bits per heavy atom. The van der Waals surface area contributed by atoms with E-state index in [1.165, 1.54) is 0 Å². The lowest BCUT2D eigenvalue weighted by Crippen LogP contribution is -2.07. The molecule has 88 valence electrons. The Hall–Kier alpha value is -1.51. The van der Waals surface area contributed by atoms with E-state index in [0.717, 1.165) is 5.75 Å². The molecule has 0 aromatic heterocycles. The highest BCUT2D eigenvalue weighted by Gasteiger charge is 2.03. The van der Waals surface area contributed by atoms with Crippen LogP contribution in [0, 0.1) is 5.92 Å². The third-order valence-electron chi connectivity index (χ3n) is 1.91. The maximum Gasteiger partial charge on any atom is 0.310 e. The van der Waals surface area contributed by atoms with Crippen molar-refractivity contribution in [2.24, 2.45) is 5.92 Å². The van der Waals surface area contributed by atoms with Crippen molar-refractivity contribution in [2.45, 2.75) is 27.2 Å². The fraction of sp³-hybridized carbons (Fsp3) is 0.462. The Kier molecular flexibility index (Phi) is 4.83. The van der Waals surface area contributed by atoms with Gasteiger partial charge < -0.3 is 9.47 Å². The summed E-state index contributed by atoms with van der Waals surface area (Å²) in [5.41, 5.74) is 0. The fourth-order valence-electron chi connectivity index (χ4n) is 1.09. The molecule has 0 bridgehead atoms. The van der Waals surface area contributed by atoms with Gasteiger partial charge in [0.05, 0.1) is 6.61 Å². The predicted octanol–water partition coefficient (Wildman–Crippen LogP) is 3.04. The molecule has 0 fully saturated rings. The van der Waals surface area contributed by atoms with Gasteiger partial charge in [0, 0.05) is 12.5 Å². The van der Waals surface area contributed by atoms with E-state index in [-0.39, 0.29) is 5.97 Å². The molecule has 0 aliphatic heterocycles. The molecule has 0 heterocycles. The van der Waals surface area contributed by atoms with Crippen molar-refractivity contribution in [1.82, 2.24) is 0 Å². The SMILES string of the molecule is CCC(=O)Oc1cccc(OCC(C)C)c1. The van der Waals surface area contributed by atoms with E-state index in [2.05, 4.69) is 13.8 Å². The van der Waals surface area contributed by atoms with Crippen molar-refractivity contribution in [1.29, 1.82) is 0 Å². The average molecular weight is 222 g/mol. The molecule has 0 N–H and O–H groups in total. The van der Waals surface area contributed by atoms with Crippen molar-refractivity contribution in [3.05, 3.63) is 24.3 Å². The molecule has 0 spiro atoms. The lowest BCUT2D eigenvalue weighted by molar-refractivity contribution is -0.134. The van der Waals surface area contributed by atoms with E-state index in [0.29, 0.717) is 24.7 Å². The lowest BCUT2D eigenvalue weighted by atomic mass is 10.2. The fourth-order valence-corrected chi connectivity index (χ4v) is 1.09. The molecular weight excluding hydrogens is 204 g/mol. The molecule has 0 aliphatic rings. The summed E-state index contributed by atoms with van der Waals surface area (Å²) >= 11 is 0. The average Bonchev–Trinajstić information content (AvgIpc) is 2.26. The molecule has 0 radical (unpaired) electrons. The van der Waals surface area contributed by atoms with Crippen LogP contribution in [0.4, 0.5) is 0 Å². The summed E-state index contributed by atoms with van der Waals surface area (Å²) < 4.78 is 10.6. The van der Waals surface area contributed by atoms with E-state index in [1.807, 2.05) is 12.1 Å². The number of benzene rings is 1. The van der Waals surface area contributed by atoms with Crippen molar-refractivity contribution in [3.8, 4) is 11.5 Å². The van der Waals surface area contributed by atoms with Crippen LogP contribution in [0.2, 0.25) is 0 Å². The van der Waals surface area contributed by atoms with Crippen LogP contribution in [0.25, 0.3) is 0 Å². The van der Waals surface area contributed by atoms with E-state index in [9.17, 15) is 4.79 Å². The van der Waals surface area contributed by atoms with Crippen LogP contribution in [-0.4, -0.2) is 12.6 Å². The normalized spacial score (nSPS) is 10.2. The summed E-state index contributed by atoms with van der Waals surface area (Å²) in [6.45, 7) is 6.59. The topological polar surface area (TPSA) is 35.5 Å². The molecule has 3 heteroatoms. The first-order chi connectivity index (χ1) is 7.61. The number of esters is 1. The lowest BCUT2D eigenvalue weighted by Gasteiger charge is -2.09. The van der Waals surface area contributed by atoms with Crippen molar-refractivity contribution in [3.63, 3.8) is 0 Å². The third kappa shape index (κ3) is 4.34. The quantitative estimate of drug-likeness (QED) is 0.567. The summed E-state index contributed by atoms with van der Waals surface area (Å²) in [5.74, 6) is 1.51. The summed E-state index contributed by atoms with van der Waals surface area (Å²) in [7, 11) is 0. The van der Waals surface area contributed by atoms with Gasteiger partial charge >= 0.3 is 5.97 Å². The van der Waals surface area contributed by atoms with Crippen LogP contribution in [0.5, 0.6) is 11.5 Å². The molecule has 1 aromatic rings.